The summed E-state index contributed by atoms with van der Waals surface area (Å²) in [4.78, 5) is 11.5. The molecule has 0 unspecified atom stereocenters. The van der Waals surface area contributed by atoms with E-state index < -0.39 is 25.3 Å². The van der Waals surface area contributed by atoms with Crippen LogP contribution in [-0.2, 0) is 21.1 Å². The van der Waals surface area contributed by atoms with Crippen LogP contribution in [0, 0.1) is 0 Å². The molecule has 0 aliphatic carbocycles. The second-order valence-corrected chi connectivity index (χ2v) is 8.95. The van der Waals surface area contributed by atoms with Gasteiger partial charge in [-0.2, -0.15) is 0 Å². The molecular weight excluding hydrogens is 264 g/mol. The van der Waals surface area contributed by atoms with Gasteiger partial charge in [0.15, 0.2) is 14.6 Å². The molecule has 0 spiro atoms. The molecule has 0 aliphatic rings. The average molecular weight is 284 g/mol. The van der Waals surface area contributed by atoms with Crippen LogP contribution in [0.15, 0.2) is 30.3 Å². The summed E-state index contributed by atoms with van der Waals surface area (Å²) in [5, 5.41) is 9.41. The third kappa shape index (κ3) is 2.81. The molecule has 0 aromatic heterocycles. The molecule has 4 nitrogen and oxygen atoms in total. The van der Waals surface area contributed by atoms with E-state index in [-0.39, 0.29) is 6.42 Å². The van der Waals surface area contributed by atoms with Gasteiger partial charge in [-0.3, -0.25) is 4.79 Å². The Morgan fingerprint density at radius 3 is 1.95 bits per heavy atom. The van der Waals surface area contributed by atoms with Crippen molar-refractivity contribution < 1.29 is 18.3 Å². The fourth-order valence-electron chi connectivity index (χ4n) is 1.95. The third-order valence-corrected chi connectivity index (χ3v) is 6.35. The SMILES string of the molecule is CC(C)(C)S(=O)(=O)[C@](C)(Cc1ccccc1)C(=O)O. The van der Waals surface area contributed by atoms with Crippen molar-refractivity contribution in [3.05, 3.63) is 35.9 Å². The molecule has 1 aromatic rings. The van der Waals surface area contributed by atoms with Crippen LogP contribution < -0.4 is 0 Å². The molecule has 0 saturated heterocycles. The molecule has 19 heavy (non-hydrogen) atoms. The Kier molecular flexibility index (Phi) is 4.10. The zero-order valence-electron chi connectivity index (χ0n) is 11.7. The first-order chi connectivity index (χ1) is 8.52. The van der Waals surface area contributed by atoms with Gasteiger partial charge in [-0.15, -0.1) is 0 Å². The molecule has 106 valence electrons. The van der Waals surface area contributed by atoms with Crippen LogP contribution in [0.2, 0.25) is 0 Å². The lowest BCUT2D eigenvalue weighted by molar-refractivity contribution is -0.139. The maximum atomic E-state index is 12.5. The number of rotatable bonds is 4. The van der Waals surface area contributed by atoms with Gasteiger partial charge >= 0.3 is 5.97 Å². The smallest absolute Gasteiger partial charge is 0.325 e. The second-order valence-electron chi connectivity index (χ2n) is 5.81. The second kappa shape index (κ2) is 4.96. The summed E-state index contributed by atoms with van der Waals surface area (Å²) in [6, 6.07) is 8.81. The number of carboxylic acid groups (broad SMARTS) is 1. The number of carbonyl (C=O) groups is 1. The highest BCUT2D eigenvalue weighted by molar-refractivity contribution is 7.94. The molecule has 0 amide bonds. The van der Waals surface area contributed by atoms with Crippen molar-refractivity contribution in [1.29, 1.82) is 0 Å². The molecule has 5 heteroatoms. The van der Waals surface area contributed by atoms with Crippen LogP contribution in [0.25, 0.3) is 0 Å². The standard InChI is InChI=1S/C14H20O4S/c1-13(2,3)19(17,18)14(4,12(15)16)10-11-8-6-5-7-9-11/h5-9H,10H2,1-4H3,(H,15,16)/t14-/m1/s1. The summed E-state index contributed by atoms with van der Waals surface area (Å²) in [5.74, 6) is -1.31. The third-order valence-electron chi connectivity index (χ3n) is 3.24. The lowest BCUT2D eigenvalue weighted by Gasteiger charge is -2.32. The van der Waals surface area contributed by atoms with Gasteiger partial charge in [-0.05, 0) is 33.3 Å². The Bertz CT molecular complexity index is 555. The zero-order valence-corrected chi connectivity index (χ0v) is 12.5. The number of carboxylic acids is 1. The predicted octanol–water partition coefficient (Wildman–Crippen LogP) is 2.29. The number of benzene rings is 1. The molecule has 1 atom stereocenters. The first-order valence-corrected chi connectivity index (χ1v) is 7.52. The van der Waals surface area contributed by atoms with Crippen molar-refractivity contribution in [1.82, 2.24) is 0 Å². The fraction of sp³-hybridized carbons (Fsp3) is 0.500. The van der Waals surface area contributed by atoms with Crippen molar-refractivity contribution >= 4 is 15.8 Å². The van der Waals surface area contributed by atoms with Crippen molar-refractivity contribution in [2.45, 2.75) is 43.6 Å². The average Bonchev–Trinajstić information content (AvgIpc) is 2.28. The van der Waals surface area contributed by atoms with E-state index in [4.69, 9.17) is 0 Å². The fourth-order valence-corrected chi connectivity index (χ4v) is 3.88. The normalized spacial score (nSPS) is 15.8. The maximum absolute atomic E-state index is 12.5. The molecular formula is C14H20O4S. The predicted molar refractivity (Wildman–Crippen MR) is 74.9 cm³/mol. The Morgan fingerprint density at radius 2 is 1.58 bits per heavy atom. The van der Waals surface area contributed by atoms with Crippen LogP contribution in [0.3, 0.4) is 0 Å². The Balaban J connectivity index is 3.31. The Hall–Kier alpha value is -1.36. The molecule has 1 aromatic carbocycles. The summed E-state index contributed by atoms with van der Waals surface area (Å²) >= 11 is 0. The minimum atomic E-state index is -3.84. The monoisotopic (exact) mass is 284 g/mol. The van der Waals surface area contributed by atoms with Crippen molar-refractivity contribution in [2.24, 2.45) is 0 Å². The van der Waals surface area contributed by atoms with Gasteiger partial charge < -0.3 is 5.11 Å². The van der Waals surface area contributed by atoms with E-state index in [1.807, 2.05) is 0 Å². The van der Waals surface area contributed by atoms with Gasteiger partial charge in [-0.25, -0.2) is 8.42 Å². The molecule has 0 bridgehead atoms. The summed E-state index contributed by atoms with van der Waals surface area (Å²) in [7, 11) is -3.84. The van der Waals surface area contributed by atoms with Crippen LogP contribution >= 0.6 is 0 Å². The molecule has 0 heterocycles. The van der Waals surface area contributed by atoms with E-state index in [1.54, 1.807) is 30.3 Å². The summed E-state index contributed by atoms with van der Waals surface area (Å²) in [6.07, 6.45) is -0.0389. The first kappa shape index (κ1) is 15.7. The minimum Gasteiger partial charge on any atom is -0.480 e. The summed E-state index contributed by atoms with van der Waals surface area (Å²) in [6.45, 7) is 5.85. The van der Waals surface area contributed by atoms with Crippen molar-refractivity contribution in [3.63, 3.8) is 0 Å². The Morgan fingerprint density at radius 1 is 1.11 bits per heavy atom. The van der Waals surface area contributed by atoms with Gasteiger partial charge in [0.1, 0.15) is 0 Å². The van der Waals surface area contributed by atoms with Gasteiger partial charge in [0.25, 0.3) is 0 Å². The van der Waals surface area contributed by atoms with E-state index >= 15 is 0 Å². The van der Waals surface area contributed by atoms with E-state index in [1.165, 1.54) is 27.7 Å². The summed E-state index contributed by atoms with van der Waals surface area (Å²) < 4.78 is 22.1. The molecule has 0 saturated carbocycles. The lowest BCUT2D eigenvalue weighted by atomic mass is 10.0. The topological polar surface area (TPSA) is 71.4 Å². The van der Waals surface area contributed by atoms with Gasteiger partial charge in [0, 0.05) is 6.42 Å². The number of hydrogen-bond acceptors (Lipinski definition) is 3. The van der Waals surface area contributed by atoms with E-state index in [0.717, 1.165) is 0 Å². The van der Waals surface area contributed by atoms with Crippen LogP contribution in [0.4, 0.5) is 0 Å². The van der Waals surface area contributed by atoms with Gasteiger partial charge in [0.2, 0.25) is 0 Å². The highest BCUT2D eigenvalue weighted by atomic mass is 32.2. The lowest BCUT2D eigenvalue weighted by Crippen LogP contribution is -2.52. The van der Waals surface area contributed by atoms with Gasteiger partial charge in [-0.1, -0.05) is 30.3 Å². The van der Waals surface area contributed by atoms with Crippen molar-refractivity contribution in [2.75, 3.05) is 0 Å². The summed E-state index contributed by atoms with van der Waals surface area (Å²) in [5.41, 5.74) is 0.695. The number of sulfone groups is 1. The van der Waals surface area contributed by atoms with Gasteiger partial charge in [0.05, 0.1) is 4.75 Å². The number of hydrogen-bond donors (Lipinski definition) is 1. The van der Waals surface area contributed by atoms with Crippen LogP contribution in [0.5, 0.6) is 0 Å². The zero-order chi connectivity index (χ0) is 14.9. The Labute approximate surface area is 114 Å². The number of aliphatic carboxylic acids is 1. The first-order valence-electron chi connectivity index (χ1n) is 6.04. The van der Waals surface area contributed by atoms with Crippen molar-refractivity contribution in [3.8, 4) is 0 Å². The molecule has 1 N–H and O–H groups in total. The maximum Gasteiger partial charge on any atom is 0.325 e. The van der Waals surface area contributed by atoms with Crippen LogP contribution in [0.1, 0.15) is 33.3 Å². The van der Waals surface area contributed by atoms with Crippen LogP contribution in [-0.4, -0.2) is 29.0 Å². The molecule has 0 radical (unpaired) electrons. The molecule has 0 fully saturated rings. The molecule has 1 rings (SSSR count). The van der Waals surface area contributed by atoms with E-state index in [2.05, 4.69) is 0 Å². The quantitative estimate of drug-likeness (QED) is 0.920. The van der Waals surface area contributed by atoms with E-state index in [9.17, 15) is 18.3 Å². The largest absolute Gasteiger partial charge is 0.480 e. The molecule has 0 aliphatic heterocycles. The highest BCUT2D eigenvalue weighted by Crippen LogP contribution is 2.32. The minimum absolute atomic E-state index is 0.0389. The highest BCUT2D eigenvalue weighted by Gasteiger charge is 2.52. The van der Waals surface area contributed by atoms with E-state index in [0.29, 0.717) is 5.56 Å².